The third-order valence-electron chi connectivity index (χ3n) is 4.04. The lowest BCUT2D eigenvalue weighted by atomic mass is 10.2. The number of esters is 2. The number of rotatable bonds is 4. The maximum absolute atomic E-state index is 12.9. The topological polar surface area (TPSA) is 135 Å². The summed E-state index contributed by atoms with van der Waals surface area (Å²) in [6.45, 7) is 12.9. The van der Waals surface area contributed by atoms with Crippen LogP contribution in [0.25, 0.3) is 11.2 Å². The zero-order valence-corrected chi connectivity index (χ0v) is 17.8. The number of carbonyl (C=O) groups is 2. The minimum atomic E-state index is -0.741. The molecule has 0 aromatic carbocycles. The zero-order chi connectivity index (χ0) is 21.7. The number of hydrogen-bond acceptors (Lipinski definition) is 9. The summed E-state index contributed by atoms with van der Waals surface area (Å²) in [6.07, 6.45) is -0.102. The van der Waals surface area contributed by atoms with Crippen LogP contribution in [0.1, 0.15) is 75.6 Å². The summed E-state index contributed by atoms with van der Waals surface area (Å²) in [5, 5.41) is 0. The molecule has 2 N–H and O–H groups in total. The first-order chi connectivity index (χ1) is 13.3. The van der Waals surface area contributed by atoms with Gasteiger partial charge in [0.1, 0.15) is 22.8 Å². The monoisotopic (exact) mass is 405 g/mol. The van der Waals surface area contributed by atoms with E-state index in [2.05, 4.69) is 15.0 Å². The lowest BCUT2D eigenvalue weighted by Gasteiger charge is -2.20. The van der Waals surface area contributed by atoms with Crippen molar-refractivity contribution in [1.29, 1.82) is 0 Å². The number of epoxide rings is 1. The molecular formula is C19H27N5O5. The Morgan fingerprint density at radius 3 is 2.14 bits per heavy atom. The number of anilines is 1. The van der Waals surface area contributed by atoms with Crippen LogP contribution in [0, 0.1) is 0 Å². The summed E-state index contributed by atoms with van der Waals surface area (Å²) in [5.74, 6) is -1.47. The molecule has 0 aliphatic carbocycles. The van der Waals surface area contributed by atoms with Crippen LogP contribution in [0.5, 0.6) is 0 Å². The molecule has 0 spiro atoms. The van der Waals surface area contributed by atoms with Crippen molar-refractivity contribution in [3.63, 3.8) is 0 Å². The fourth-order valence-corrected chi connectivity index (χ4v) is 2.81. The number of fused-ring (bicyclic) bond motifs is 1. The van der Waals surface area contributed by atoms with Crippen molar-refractivity contribution in [1.82, 2.24) is 19.5 Å². The van der Waals surface area contributed by atoms with E-state index in [1.807, 2.05) is 6.92 Å². The van der Waals surface area contributed by atoms with Crippen molar-refractivity contribution < 1.29 is 23.8 Å². The van der Waals surface area contributed by atoms with E-state index in [4.69, 9.17) is 19.9 Å². The Labute approximate surface area is 168 Å². The minimum absolute atomic E-state index is 0.00244. The van der Waals surface area contributed by atoms with E-state index in [1.165, 1.54) is 0 Å². The van der Waals surface area contributed by atoms with Gasteiger partial charge < -0.3 is 19.9 Å². The first-order valence-corrected chi connectivity index (χ1v) is 9.40. The quantitative estimate of drug-likeness (QED) is 0.600. The van der Waals surface area contributed by atoms with Gasteiger partial charge in [-0.1, -0.05) is 0 Å². The molecule has 1 unspecified atom stereocenters. The van der Waals surface area contributed by atoms with Crippen LogP contribution in [0.2, 0.25) is 0 Å². The van der Waals surface area contributed by atoms with Crippen molar-refractivity contribution in [3.05, 3.63) is 11.5 Å². The van der Waals surface area contributed by atoms with Crippen LogP contribution in [-0.4, -0.2) is 55.4 Å². The van der Waals surface area contributed by atoms with Gasteiger partial charge in [0.2, 0.25) is 11.8 Å². The predicted molar refractivity (Wildman–Crippen MR) is 105 cm³/mol. The smallest absolute Gasteiger partial charge is 0.375 e. The van der Waals surface area contributed by atoms with Crippen LogP contribution >= 0.6 is 0 Å². The Kier molecular flexibility index (Phi) is 5.02. The second-order valence-corrected chi connectivity index (χ2v) is 9.02. The van der Waals surface area contributed by atoms with Crippen LogP contribution in [-0.2, 0) is 14.2 Å². The fraction of sp³-hybridized carbons (Fsp3) is 0.632. The van der Waals surface area contributed by atoms with Gasteiger partial charge in [0.05, 0.1) is 12.6 Å². The Hall–Kier alpha value is -2.75. The molecule has 2 aromatic heterocycles. The minimum Gasteiger partial charge on any atom is -0.455 e. The molecule has 3 rings (SSSR count). The Morgan fingerprint density at radius 2 is 1.62 bits per heavy atom. The maximum Gasteiger partial charge on any atom is 0.375 e. The van der Waals surface area contributed by atoms with Crippen LogP contribution in [0.3, 0.4) is 0 Å². The van der Waals surface area contributed by atoms with Crippen molar-refractivity contribution in [2.75, 3.05) is 12.3 Å². The van der Waals surface area contributed by atoms with E-state index >= 15 is 0 Å². The highest BCUT2D eigenvalue weighted by Crippen LogP contribution is 2.31. The summed E-state index contributed by atoms with van der Waals surface area (Å²) in [5.41, 5.74) is 4.67. The van der Waals surface area contributed by atoms with Gasteiger partial charge in [-0.25, -0.2) is 19.6 Å². The standard InChI is InChI=1S/C19H27N5O5/c1-9(10-8-27-10)24-13-11(21-14(24)16(26)29-19(5,6)7)12(22-17(20)23-13)15(25)28-18(2,3)4/h9-10H,8H2,1-7H3,(H2,20,22,23)/t9?,10-/m0/s1. The zero-order valence-electron chi connectivity index (χ0n) is 17.8. The molecule has 0 amide bonds. The molecule has 29 heavy (non-hydrogen) atoms. The molecule has 158 valence electrons. The summed E-state index contributed by atoms with van der Waals surface area (Å²) in [7, 11) is 0. The van der Waals surface area contributed by atoms with E-state index in [0.29, 0.717) is 6.61 Å². The number of imidazole rings is 1. The van der Waals surface area contributed by atoms with Gasteiger partial charge in [-0.15, -0.1) is 0 Å². The van der Waals surface area contributed by atoms with Gasteiger partial charge in [-0.05, 0) is 48.5 Å². The number of aromatic nitrogens is 4. The van der Waals surface area contributed by atoms with Gasteiger partial charge >= 0.3 is 11.9 Å². The molecular weight excluding hydrogens is 378 g/mol. The van der Waals surface area contributed by atoms with Crippen molar-refractivity contribution in [2.45, 2.75) is 71.8 Å². The van der Waals surface area contributed by atoms with Gasteiger partial charge in [-0.2, -0.15) is 4.98 Å². The van der Waals surface area contributed by atoms with Crippen molar-refractivity contribution in [3.8, 4) is 0 Å². The van der Waals surface area contributed by atoms with E-state index in [9.17, 15) is 9.59 Å². The molecule has 10 heteroatoms. The maximum atomic E-state index is 12.9. The van der Waals surface area contributed by atoms with Crippen LogP contribution in [0.4, 0.5) is 5.95 Å². The lowest BCUT2D eigenvalue weighted by molar-refractivity contribution is 0.00401. The Morgan fingerprint density at radius 1 is 1.07 bits per heavy atom. The number of ether oxygens (including phenoxy) is 3. The molecule has 1 aliphatic heterocycles. The number of nitrogens with two attached hydrogens (primary N) is 1. The van der Waals surface area contributed by atoms with Gasteiger partial charge in [-0.3, -0.25) is 4.57 Å². The molecule has 2 aromatic rings. The van der Waals surface area contributed by atoms with E-state index < -0.39 is 23.1 Å². The summed E-state index contributed by atoms with van der Waals surface area (Å²) in [6, 6.07) is -0.275. The average molecular weight is 405 g/mol. The first kappa shape index (κ1) is 21.0. The molecule has 0 radical (unpaired) electrons. The summed E-state index contributed by atoms with van der Waals surface area (Å²) >= 11 is 0. The van der Waals surface area contributed by atoms with E-state index in [1.54, 1.807) is 46.1 Å². The van der Waals surface area contributed by atoms with E-state index in [0.717, 1.165) is 0 Å². The number of nitrogens with zero attached hydrogens (tertiary/aromatic N) is 4. The third kappa shape index (κ3) is 4.64. The highest BCUT2D eigenvalue weighted by molar-refractivity contribution is 6.01. The van der Waals surface area contributed by atoms with Crippen molar-refractivity contribution in [2.24, 2.45) is 0 Å². The molecule has 1 aliphatic rings. The fourth-order valence-electron chi connectivity index (χ4n) is 2.81. The van der Waals surface area contributed by atoms with Gasteiger partial charge in [0, 0.05) is 0 Å². The SMILES string of the molecule is CC([C@@H]1CO1)n1c(C(=O)OC(C)(C)C)nc2c(C(=O)OC(C)(C)C)nc(N)nc21. The molecule has 1 saturated heterocycles. The lowest BCUT2D eigenvalue weighted by Crippen LogP contribution is -2.27. The average Bonchev–Trinajstić information content (AvgIpc) is 3.31. The Balaban J connectivity index is 2.19. The molecule has 3 heterocycles. The summed E-state index contributed by atoms with van der Waals surface area (Å²) < 4.78 is 17.9. The normalized spacial score (nSPS) is 17.8. The number of carbonyl (C=O) groups excluding carboxylic acids is 2. The largest absolute Gasteiger partial charge is 0.455 e. The molecule has 10 nitrogen and oxygen atoms in total. The van der Waals surface area contributed by atoms with Gasteiger partial charge in [0.15, 0.2) is 11.3 Å². The molecule has 0 bridgehead atoms. The molecule has 2 atom stereocenters. The second kappa shape index (κ2) is 6.94. The third-order valence-corrected chi connectivity index (χ3v) is 4.04. The highest BCUT2D eigenvalue weighted by Gasteiger charge is 2.37. The van der Waals surface area contributed by atoms with Crippen molar-refractivity contribution >= 4 is 29.1 Å². The highest BCUT2D eigenvalue weighted by atomic mass is 16.6. The Bertz CT molecular complexity index is 966. The van der Waals surface area contributed by atoms with Crippen LogP contribution < -0.4 is 5.73 Å². The van der Waals surface area contributed by atoms with Gasteiger partial charge in [0.25, 0.3) is 0 Å². The molecule has 0 saturated carbocycles. The first-order valence-electron chi connectivity index (χ1n) is 9.40. The number of hydrogen-bond donors (Lipinski definition) is 1. The van der Waals surface area contributed by atoms with E-state index in [-0.39, 0.29) is 40.8 Å². The van der Waals surface area contributed by atoms with Crippen LogP contribution in [0.15, 0.2) is 0 Å². The summed E-state index contributed by atoms with van der Waals surface area (Å²) in [4.78, 5) is 38.2. The molecule has 1 fully saturated rings. The predicted octanol–water partition coefficient (Wildman–Crippen LogP) is 2.28. The number of nitrogen functional groups attached to an aromatic ring is 1. The second-order valence-electron chi connectivity index (χ2n) is 9.02.